The minimum atomic E-state index is -0.682. The molecule has 0 aromatic heterocycles. The van der Waals surface area contributed by atoms with E-state index in [0.717, 1.165) is 19.6 Å². The van der Waals surface area contributed by atoms with Crippen LogP contribution in [-0.4, -0.2) is 47.8 Å². The Hall–Kier alpha value is -0.610. The Bertz CT molecular complexity index is 269. The molecule has 2 aliphatic rings. The molecule has 2 fully saturated rings. The molecule has 2 rings (SSSR count). The summed E-state index contributed by atoms with van der Waals surface area (Å²) in [5.74, 6) is -0.140. The zero-order valence-electron chi connectivity index (χ0n) is 10.6. The molecule has 4 heteroatoms. The second kappa shape index (κ2) is 5.83. The molecule has 1 aliphatic carbocycles. The van der Waals surface area contributed by atoms with Gasteiger partial charge in [0.2, 0.25) is 0 Å². The van der Waals surface area contributed by atoms with Crippen LogP contribution in [0.15, 0.2) is 0 Å². The topological polar surface area (TPSA) is 49.8 Å². The first-order valence-corrected chi connectivity index (χ1v) is 6.80. The van der Waals surface area contributed by atoms with Gasteiger partial charge in [-0.1, -0.05) is 19.8 Å². The largest absolute Gasteiger partial charge is 0.480 e. The maximum atomic E-state index is 11.3. The van der Waals surface area contributed by atoms with Gasteiger partial charge in [0.05, 0.1) is 13.2 Å². The lowest BCUT2D eigenvalue weighted by atomic mass is 9.83. The summed E-state index contributed by atoms with van der Waals surface area (Å²) in [6.45, 7) is 4.22. The normalized spacial score (nSPS) is 32.5. The van der Waals surface area contributed by atoms with Gasteiger partial charge in [-0.15, -0.1) is 0 Å². The number of carbonyl (C=O) groups is 1. The van der Waals surface area contributed by atoms with Crippen molar-refractivity contribution < 1.29 is 14.6 Å². The van der Waals surface area contributed by atoms with E-state index in [2.05, 4.69) is 4.90 Å². The highest BCUT2D eigenvalue weighted by molar-refractivity contribution is 5.73. The van der Waals surface area contributed by atoms with Gasteiger partial charge in [-0.05, 0) is 25.2 Å². The average Bonchev–Trinajstić information content (AvgIpc) is 2.53. The van der Waals surface area contributed by atoms with Crippen molar-refractivity contribution in [3.8, 4) is 0 Å². The van der Waals surface area contributed by atoms with Crippen molar-refractivity contribution in [1.29, 1.82) is 0 Å². The van der Waals surface area contributed by atoms with Gasteiger partial charge in [0.15, 0.2) is 0 Å². The lowest BCUT2D eigenvalue weighted by molar-refractivity contribution is -0.145. The number of nitrogens with zero attached hydrogens (tertiary/aromatic N) is 1. The number of carboxylic acids is 1. The number of rotatable bonds is 3. The quantitative estimate of drug-likeness (QED) is 0.817. The summed E-state index contributed by atoms with van der Waals surface area (Å²) in [7, 11) is 0. The first-order chi connectivity index (χ1) is 8.24. The third kappa shape index (κ3) is 2.80. The van der Waals surface area contributed by atoms with Gasteiger partial charge in [0.1, 0.15) is 6.04 Å². The van der Waals surface area contributed by atoms with Gasteiger partial charge >= 0.3 is 5.97 Å². The molecule has 1 aliphatic heterocycles. The molecule has 0 amide bonds. The summed E-state index contributed by atoms with van der Waals surface area (Å²) in [6.07, 6.45) is 5.50. The molecule has 0 aromatic carbocycles. The number of ether oxygens (including phenoxy) is 1. The molecule has 0 aromatic rings. The van der Waals surface area contributed by atoms with E-state index in [1.807, 2.05) is 6.92 Å². The van der Waals surface area contributed by atoms with E-state index in [1.165, 1.54) is 19.3 Å². The summed E-state index contributed by atoms with van der Waals surface area (Å²) in [5.41, 5.74) is 0. The zero-order valence-corrected chi connectivity index (χ0v) is 10.6. The fourth-order valence-electron chi connectivity index (χ4n) is 3.33. The van der Waals surface area contributed by atoms with E-state index in [4.69, 9.17) is 4.74 Å². The number of hydrogen-bond acceptors (Lipinski definition) is 3. The Kier molecular flexibility index (Phi) is 4.40. The number of carboxylic acid groups (broad SMARTS) is 1. The highest BCUT2D eigenvalue weighted by Gasteiger charge is 2.37. The predicted molar refractivity (Wildman–Crippen MR) is 65.0 cm³/mol. The first kappa shape index (κ1) is 12.8. The van der Waals surface area contributed by atoms with E-state index >= 15 is 0 Å². The van der Waals surface area contributed by atoms with Crippen molar-refractivity contribution in [2.24, 2.45) is 5.92 Å². The van der Waals surface area contributed by atoms with Crippen LogP contribution >= 0.6 is 0 Å². The van der Waals surface area contributed by atoms with Crippen LogP contribution in [0.25, 0.3) is 0 Å². The van der Waals surface area contributed by atoms with E-state index in [9.17, 15) is 9.90 Å². The Morgan fingerprint density at radius 1 is 1.47 bits per heavy atom. The van der Waals surface area contributed by atoms with Crippen molar-refractivity contribution in [2.45, 2.75) is 51.1 Å². The molecule has 1 N–H and O–H groups in total. The van der Waals surface area contributed by atoms with Crippen molar-refractivity contribution in [1.82, 2.24) is 4.90 Å². The third-order valence-corrected chi connectivity index (χ3v) is 4.19. The lowest BCUT2D eigenvalue weighted by Gasteiger charge is -2.40. The molecule has 1 saturated heterocycles. The second-order valence-corrected chi connectivity index (χ2v) is 5.19. The summed E-state index contributed by atoms with van der Waals surface area (Å²) < 4.78 is 5.63. The van der Waals surface area contributed by atoms with Gasteiger partial charge in [-0.3, -0.25) is 9.69 Å². The minimum Gasteiger partial charge on any atom is -0.480 e. The number of fused-ring (bicyclic) bond motifs is 1. The Balaban J connectivity index is 2.14. The van der Waals surface area contributed by atoms with Gasteiger partial charge in [-0.2, -0.15) is 0 Å². The van der Waals surface area contributed by atoms with Crippen molar-refractivity contribution in [2.75, 3.05) is 19.8 Å². The van der Waals surface area contributed by atoms with Crippen LogP contribution in [0.4, 0.5) is 0 Å². The van der Waals surface area contributed by atoms with Gasteiger partial charge < -0.3 is 9.84 Å². The summed E-state index contributed by atoms with van der Waals surface area (Å²) in [5, 5.41) is 9.33. The standard InChI is InChI=1S/C13H23NO3/c1-2-11(13(15)16)14-7-8-17-9-10-5-3-4-6-12(10)14/h10-12H,2-9H2,1H3,(H,15,16). The molecule has 17 heavy (non-hydrogen) atoms. The van der Waals surface area contributed by atoms with Crippen LogP contribution in [-0.2, 0) is 9.53 Å². The van der Waals surface area contributed by atoms with E-state index < -0.39 is 5.97 Å². The van der Waals surface area contributed by atoms with E-state index in [0.29, 0.717) is 25.0 Å². The van der Waals surface area contributed by atoms with Crippen molar-refractivity contribution >= 4 is 5.97 Å². The van der Waals surface area contributed by atoms with Crippen LogP contribution in [0.2, 0.25) is 0 Å². The molecule has 3 unspecified atom stereocenters. The fraction of sp³-hybridized carbons (Fsp3) is 0.923. The number of aliphatic carboxylic acids is 1. The smallest absolute Gasteiger partial charge is 0.320 e. The van der Waals surface area contributed by atoms with Gasteiger partial charge in [-0.25, -0.2) is 0 Å². The molecule has 0 bridgehead atoms. The minimum absolute atomic E-state index is 0.331. The second-order valence-electron chi connectivity index (χ2n) is 5.19. The summed E-state index contributed by atoms with van der Waals surface area (Å²) >= 11 is 0. The lowest BCUT2D eigenvalue weighted by Crippen LogP contribution is -2.51. The molecule has 98 valence electrons. The highest BCUT2D eigenvalue weighted by Crippen LogP contribution is 2.32. The summed E-state index contributed by atoms with van der Waals surface area (Å²) in [6, 6.07) is 0.0922. The summed E-state index contributed by atoms with van der Waals surface area (Å²) in [4.78, 5) is 13.5. The molecule has 1 heterocycles. The fourth-order valence-corrected chi connectivity index (χ4v) is 3.33. The molecule has 3 atom stereocenters. The van der Waals surface area contributed by atoms with Crippen molar-refractivity contribution in [3.63, 3.8) is 0 Å². The third-order valence-electron chi connectivity index (χ3n) is 4.19. The Labute approximate surface area is 103 Å². The van der Waals surface area contributed by atoms with Crippen molar-refractivity contribution in [3.05, 3.63) is 0 Å². The molecule has 0 radical (unpaired) electrons. The molecule has 4 nitrogen and oxygen atoms in total. The van der Waals surface area contributed by atoms with E-state index in [-0.39, 0.29) is 6.04 Å². The van der Waals surface area contributed by atoms with E-state index in [1.54, 1.807) is 0 Å². The van der Waals surface area contributed by atoms with Crippen LogP contribution in [0.1, 0.15) is 39.0 Å². The molecule has 0 spiro atoms. The van der Waals surface area contributed by atoms with Crippen LogP contribution in [0.5, 0.6) is 0 Å². The highest BCUT2D eigenvalue weighted by atomic mass is 16.5. The predicted octanol–water partition coefficient (Wildman–Crippen LogP) is 1.74. The SMILES string of the molecule is CCC(C(=O)O)N1CCOCC2CCCCC21. The monoisotopic (exact) mass is 241 g/mol. The Morgan fingerprint density at radius 2 is 2.24 bits per heavy atom. The molecular formula is C13H23NO3. The van der Waals surface area contributed by atoms with Gasteiger partial charge in [0.25, 0.3) is 0 Å². The Morgan fingerprint density at radius 3 is 2.94 bits per heavy atom. The first-order valence-electron chi connectivity index (χ1n) is 6.80. The van der Waals surface area contributed by atoms with Crippen LogP contribution in [0, 0.1) is 5.92 Å². The van der Waals surface area contributed by atoms with Gasteiger partial charge in [0, 0.05) is 12.6 Å². The molecule has 1 saturated carbocycles. The number of hydrogen-bond donors (Lipinski definition) is 1. The van der Waals surface area contributed by atoms with Crippen LogP contribution in [0.3, 0.4) is 0 Å². The maximum absolute atomic E-state index is 11.3. The maximum Gasteiger partial charge on any atom is 0.320 e. The zero-order chi connectivity index (χ0) is 12.3. The average molecular weight is 241 g/mol. The van der Waals surface area contributed by atoms with Crippen LogP contribution < -0.4 is 0 Å². The molecular weight excluding hydrogens is 218 g/mol.